The van der Waals surface area contributed by atoms with Crippen LogP contribution in [0, 0.1) is 5.92 Å². The van der Waals surface area contributed by atoms with Crippen molar-refractivity contribution >= 4 is 330 Å². The van der Waals surface area contributed by atoms with E-state index in [0.29, 0.717) is 0 Å². The van der Waals surface area contributed by atoms with Gasteiger partial charge < -0.3 is 0 Å². The molecule has 68 heavy (non-hydrogen) atoms. The number of hydrogen-bond donors (Lipinski definition) is 0. The predicted molar refractivity (Wildman–Crippen MR) is 309 cm³/mol. The van der Waals surface area contributed by atoms with Crippen molar-refractivity contribution in [1.82, 2.24) is 0 Å². The summed E-state index contributed by atoms with van der Waals surface area (Å²) in [6, 6.07) is 0. The van der Waals surface area contributed by atoms with Crippen molar-refractivity contribution in [2.45, 2.75) is 18.8 Å². The van der Waals surface area contributed by atoms with E-state index in [9.17, 15) is 0 Å². The van der Waals surface area contributed by atoms with Crippen molar-refractivity contribution in [2.24, 2.45) is 5.92 Å². The molecule has 0 aromatic heterocycles. The maximum Gasteiger partial charge on any atom is 0.0809 e. The molecule has 0 fully saturated rings. The molecular weight excluding hydrogens is 1470 g/mol. The van der Waals surface area contributed by atoms with Crippen molar-refractivity contribution < 1.29 is 0 Å². The van der Waals surface area contributed by atoms with Crippen LogP contribution in [0.25, 0.3) is 5.57 Å². The number of hydrogen-bond acceptors (Lipinski definition) is 0. The Bertz CT molecular complexity index is 2850. The summed E-state index contributed by atoms with van der Waals surface area (Å²) in [6.45, 7) is 0. The first-order chi connectivity index (χ1) is 31.5. The molecule has 0 saturated heterocycles. The second-order valence-electron chi connectivity index (χ2n) is 13.6. The molecule has 0 aliphatic heterocycles. The van der Waals surface area contributed by atoms with Crippen molar-refractivity contribution in [2.75, 3.05) is 0 Å². The summed E-state index contributed by atoms with van der Waals surface area (Å²) in [6.07, 6.45) is -0.0956. The molecule has 0 saturated carbocycles. The third-order valence-electron chi connectivity index (χ3n) is 10.1. The quantitative estimate of drug-likeness (QED) is 0.0825. The van der Waals surface area contributed by atoms with Gasteiger partial charge in [0, 0.05) is 60.9 Å². The zero-order valence-electron chi connectivity index (χ0n) is 31.2. The van der Waals surface area contributed by atoms with E-state index in [1.165, 1.54) is 0 Å². The lowest BCUT2D eigenvalue weighted by atomic mass is 9.83. The van der Waals surface area contributed by atoms with Crippen molar-refractivity contribution in [3.8, 4) is 0 Å². The summed E-state index contributed by atoms with van der Waals surface area (Å²) in [5.41, 5.74) is -0.551. The summed E-state index contributed by atoms with van der Waals surface area (Å²) in [7, 11) is 0. The topological polar surface area (TPSA) is 0 Å². The molecule has 5 aromatic rings. The van der Waals surface area contributed by atoms with Crippen molar-refractivity contribution in [3.63, 3.8) is 0 Å². The molecule has 0 amide bonds. The molecule has 28 heteroatoms. The van der Waals surface area contributed by atoms with Gasteiger partial charge in [0.25, 0.3) is 0 Å². The van der Waals surface area contributed by atoms with E-state index < -0.39 is 11.8 Å². The highest BCUT2D eigenvalue weighted by atomic mass is 35.5. The van der Waals surface area contributed by atoms with Crippen LogP contribution in [0.1, 0.15) is 45.7 Å². The Balaban J connectivity index is 1.58. The third kappa shape index (κ3) is 10.4. The normalized spacial score (nSPS) is 14.4. The van der Waals surface area contributed by atoms with Gasteiger partial charge in [0.05, 0.1) is 131 Å². The number of benzene rings is 5. The number of rotatable bonds is 8. The van der Waals surface area contributed by atoms with Gasteiger partial charge in [-0.15, -0.1) is 0 Å². The zero-order chi connectivity index (χ0) is 51.4. The van der Waals surface area contributed by atoms with E-state index in [1.807, 2.05) is 0 Å². The number of halogens is 28. The Morgan fingerprint density at radius 3 is 0.765 bits per heavy atom. The summed E-state index contributed by atoms with van der Waals surface area (Å²) in [5.74, 6) is -2.41. The molecule has 0 radical (unpaired) electrons. The molecule has 0 N–H and O–H groups in total. The van der Waals surface area contributed by atoms with Crippen LogP contribution in [-0.2, 0) is 6.42 Å². The average molecular weight is 1480 g/mol. The fourth-order valence-corrected chi connectivity index (χ4v) is 15.0. The SMILES string of the molecule is ClC1=C(Cl)C(CCc2c(Cl)c(Cl)c(C(c3c(Cl)c(Cl)c(Cl)c(Cl)c3Cl)c3c(Cl)c(Cl)c(Cl)c(Cl)c3Cl)c(Cl)c2Cl)C(Cl)=C(Cl)C1=C(c1c(Cl)c(Cl)c(Cl)c(Cl)c1Cl)c1c(Cl)c(Cl)c(Cl)c(Cl)c1Cl. The average Bonchev–Trinajstić information content (AvgIpc) is 3.30. The number of allylic oxidation sites excluding steroid dienone is 5. The molecule has 5 aromatic carbocycles. The zero-order valence-corrected chi connectivity index (χ0v) is 52.3. The van der Waals surface area contributed by atoms with Gasteiger partial charge in [-0.3, -0.25) is 0 Å². The fourth-order valence-electron chi connectivity index (χ4n) is 6.89. The van der Waals surface area contributed by atoms with E-state index >= 15 is 0 Å². The minimum atomic E-state index is -1.43. The molecular formula is C40H6Cl28. The van der Waals surface area contributed by atoms with Crippen LogP contribution < -0.4 is 0 Å². The van der Waals surface area contributed by atoms with Crippen molar-refractivity contribution in [3.05, 3.63) is 180 Å². The second-order valence-corrected chi connectivity index (χ2v) is 24.2. The molecule has 0 bridgehead atoms. The highest BCUT2D eigenvalue weighted by molar-refractivity contribution is 6.61. The van der Waals surface area contributed by atoms with Gasteiger partial charge in [-0.2, -0.15) is 0 Å². The van der Waals surface area contributed by atoms with Crippen LogP contribution >= 0.6 is 325 Å². The smallest absolute Gasteiger partial charge is 0.0809 e. The first kappa shape index (κ1) is 60.7. The highest BCUT2D eigenvalue weighted by Crippen LogP contribution is 2.61. The predicted octanol–water partition coefficient (Wildman–Crippen LogP) is 28.0. The molecule has 0 nitrogen and oxygen atoms in total. The van der Waals surface area contributed by atoms with E-state index in [2.05, 4.69) is 0 Å². The molecule has 1 aliphatic rings. The fraction of sp³-hybridized carbons (Fsp3) is 0.100. The molecule has 0 spiro atoms. The third-order valence-corrected chi connectivity index (χ3v) is 22.9. The minimum absolute atomic E-state index is 0.0259. The van der Waals surface area contributed by atoms with Gasteiger partial charge in [0.15, 0.2) is 0 Å². The second kappa shape index (κ2) is 23.8. The Hall–Kier alpha value is 3.44. The maximum atomic E-state index is 7.16. The maximum absolute atomic E-state index is 7.16. The lowest BCUT2D eigenvalue weighted by Crippen LogP contribution is -2.14. The van der Waals surface area contributed by atoms with Crippen LogP contribution in [0.15, 0.2) is 25.7 Å². The van der Waals surface area contributed by atoms with Crippen LogP contribution in [0.3, 0.4) is 0 Å². The molecule has 1 aliphatic carbocycles. The lowest BCUT2D eigenvalue weighted by Gasteiger charge is -2.30. The summed E-state index contributed by atoms with van der Waals surface area (Å²) >= 11 is 190. The van der Waals surface area contributed by atoms with E-state index in [0.717, 1.165) is 0 Å². The first-order valence-corrected chi connectivity index (χ1v) is 27.8. The summed E-state index contributed by atoms with van der Waals surface area (Å²) in [4.78, 5) is 0. The first-order valence-electron chi connectivity index (χ1n) is 17.2. The van der Waals surface area contributed by atoms with E-state index in [4.69, 9.17) is 325 Å². The Morgan fingerprint density at radius 1 is 0.279 bits per heavy atom. The summed E-state index contributed by atoms with van der Waals surface area (Å²) < 4.78 is 0. The van der Waals surface area contributed by atoms with Crippen LogP contribution in [-0.4, -0.2) is 0 Å². The Labute approximate surface area is 527 Å². The Kier molecular flexibility index (Phi) is 21.2. The van der Waals surface area contributed by atoms with Gasteiger partial charge in [-0.05, 0) is 18.4 Å². The van der Waals surface area contributed by atoms with Gasteiger partial charge in [0.1, 0.15) is 0 Å². The summed E-state index contributed by atoms with van der Waals surface area (Å²) in [5, 5.41) is -5.81. The van der Waals surface area contributed by atoms with Crippen LogP contribution in [0.4, 0.5) is 0 Å². The van der Waals surface area contributed by atoms with Crippen molar-refractivity contribution in [1.29, 1.82) is 0 Å². The van der Waals surface area contributed by atoms with Crippen LogP contribution in [0.2, 0.25) is 121 Å². The molecule has 0 unspecified atom stereocenters. The van der Waals surface area contributed by atoms with Gasteiger partial charge >= 0.3 is 0 Å². The van der Waals surface area contributed by atoms with Gasteiger partial charge in [-0.25, -0.2) is 0 Å². The van der Waals surface area contributed by atoms with Gasteiger partial charge in [-0.1, -0.05) is 325 Å². The largest absolute Gasteiger partial charge is 0.0868 e. The highest BCUT2D eigenvalue weighted by Gasteiger charge is 2.40. The standard InChI is InChI=1S/C40H6Cl28/c41-13-3(14(42)18(46)7(17(13)45)5(9-21(49)29(57)37(65)30(58)22(9)50)10-23(51)31(59)38(66)32(60)24(10)52)1-2-4-15(43)19(47)8(20(48)16(4)44)6(11-25(53)33(61)39(67)34(62)26(11)54)12-27(55)35(63)40(68)36(64)28(12)56/h3,6H,1-2H2. The van der Waals surface area contributed by atoms with E-state index in [1.54, 1.807) is 0 Å². The molecule has 0 atom stereocenters. The Morgan fingerprint density at radius 2 is 0.500 bits per heavy atom. The van der Waals surface area contributed by atoms with E-state index in [-0.39, 0.29) is 198 Å². The minimum Gasteiger partial charge on any atom is -0.0868 e. The monoisotopic (exact) mass is 1470 g/mol. The van der Waals surface area contributed by atoms with Gasteiger partial charge in [0.2, 0.25) is 0 Å². The van der Waals surface area contributed by atoms with Crippen LogP contribution in [0.5, 0.6) is 0 Å². The lowest BCUT2D eigenvalue weighted by molar-refractivity contribution is 0.679. The molecule has 6 rings (SSSR count). The molecule has 362 valence electrons. The molecule has 0 heterocycles.